The second-order valence-electron chi connectivity index (χ2n) is 16.7. The molecule has 0 aliphatic heterocycles. The van der Waals surface area contributed by atoms with Crippen molar-refractivity contribution in [1.82, 2.24) is 9.97 Å². The molecule has 63 heavy (non-hydrogen) atoms. The van der Waals surface area contributed by atoms with Crippen LogP contribution >= 0.6 is 0 Å². The Kier molecular flexibility index (Phi) is 8.62. The van der Waals surface area contributed by atoms with Crippen LogP contribution in [0.1, 0.15) is 23.6 Å². The molecule has 0 saturated heterocycles. The highest BCUT2D eigenvalue weighted by atomic mass is 16.3. The van der Waals surface area contributed by atoms with Crippen molar-refractivity contribution in [2.24, 2.45) is 0 Å². The number of hydrogen-bond acceptors (Lipinski definition) is 3. The van der Waals surface area contributed by atoms with Crippen LogP contribution < -0.4 is 0 Å². The largest absolute Gasteiger partial charge is 0.456 e. The van der Waals surface area contributed by atoms with Crippen LogP contribution in [0.5, 0.6) is 0 Å². The highest BCUT2D eigenvalue weighted by Crippen LogP contribution is 2.53. The molecule has 1 unspecified atom stereocenters. The Bertz CT molecular complexity index is 3440. The van der Waals surface area contributed by atoms with Crippen LogP contribution in [0.4, 0.5) is 0 Å². The number of nitrogens with zero attached hydrogens (tertiary/aromatic N) is 2. The molecule has 296 valence electrons. The van der Waals surface area contributed by atoms with Gasteiger partial charge in [-0.2, -0.15) is 0 Å². The Morgan fingerprint density at radius 1 is 0.333 bits per heavy atom. The maximum atomic E-state index is 6.25. The zero-order valence-electron chi connectivity index (χ0n) is 34.7. The number of rotatable bonds is 7. The van der Waals surface area contributed by atoms with Crippen LogP contribution in [-0.2, 0) is 5.41 Å². The van der Waals surface area contributed by atoms with Gasteiger partial charge >= 0.3 is 0 Å². The van der Waals surface area contributed by atoms with E-state index in [0.29, 0.717) is 5.82 Å². The summed E-state index contributed by atoms with van der Waals surface area (Å²) in [6.07, 6.45) is 0. The fourth-order valence-corrected chi connectivity index (χ4v) is 9.69. The minimum absolute atomic E-state index is 0.256. The molecule has 2 heterocycles. The molecular weight excluding hydrogens is 765 g/mol. The van der Waals surface area contributed by atoms with Crippen molar-refractivity contribution in [1.29, 1.82) is 0 Å². The van der Waals surface area contributed by atoms with Gasteiger partial charge in [0.15, 0.2) is 5.82 Å². The van der Waals surface area contributed by atoms with Crippen LogP contribution in [0.25, 0.3) is 100 Å². The topological polar surface area (TPSA) is 38.9 Å². The molecular formula is C60H40N2O. The van der Waals surface area contributed by atoms with Crippen LogP contribution in [0.3, 0.4) is 0 Å². The number of furan rings is 1. The van der Waals surface area contributed by atoms with Gasteiger partial charge in [-0.15, -0.1) is 0 Å². The maximum absolute atomic E-state index is 6.25. The summed E-state index contributed by atoms with van der Waals surface area (Å²) in [4.78, 5) is 10.4. The first kappa shape index (κ1) is 36.7. The van der Waals surface area contributed by atoms with Gasteiger partial charge < -0.3 is 4.42 Å². The molecule has 9 aromatic carbocycles. The molecule has 0 fully saturated rings. The van der Waals surface area contributed by atoms with E-state index in [1.54, 1.807) is 0 Å². The summed E-state index contributed by atoms with van der Waals surface area (Å²) in [5.41, 5.74) is 19.7. The number of benzene rings is 9. The number of hydrogen-bond donors (Lipinski definition) is 0. The summed E-state index contributed by atoms with van der Waals surface area (Å²) in [5.74, 6) is 0.690. The van der Waals surface area contributed by atoms with E-state index < -0.39 is 0 Å². The third-order valence-corrected chi connectivity index (χ3v) is 13.0. The summed E-state index contributed by atoms with van der Waals surface area (Å²) < 4.78 is 6.25. The predicted molar refractivity (Wildman–Crippen MR) is 259 cm³/mol. The van der Waals surface area contributed by atoms with Gasteiger partial charge in [-0.05, 0) is 117 Å². The normalized spacial score (nSPS) is 14.2. The Morgan fingerprint density at radius 3 is 1.62 bits per heavy atom. The van der Waals surface area contributed by atoms with Crippen LogP contribution in [0.2, 0.25) is 0 Å². The lowest BCUT2D eigenvalue weighted by Gasteiger charge is -2.28. The van der Waals surface area contributed by atoms with Crippen molar-refractivity contribution >= 4 is 21.9 Å². The minimum Gasteiger partial charge on any atom is -0.456 e. The summed E-state index contributed by atoms with van der Waals surface area (Å²) in [6, 6.07) is 80.2. The number of aromatic nitrogens is 2. The maximum Gasteiger partial charge on any atom is 0.160 e. The van der Waals surface area contributed by atoms with Gasteiger partial charge in [0, 0.05) is 32.9 Å². The van der Waals surface area contributed by atoms with E-state index in [0.717, 1.165) is 72.3 Å². The molecule has 0 amide bonds. The molecule has 0 N–H and O–H groups in total. The van der Waals surface area contributed by atoms with Crippen LogP contribution in [0.15, 0.2) is 229 Å². The fraction of sp³-hybridized carbons (Fsp3) is 0.0333. The predicted octanol–water partition coefficient (Wildman–Crippen LogP) is 15.7. The standard InChI is InChI=1S/C60H40N2O/c1-60(48-19-9-4-10-20-48)53-23-13-11-21-49(53)50-31-29-44(37-54(50)60)39-25-27-40(28-26-39)45-33-46(43-30-32-58-52(36-43)51-22-12-14-24-57(51)63-58)35-47(34-45)56-38-55(41-15-5-2-6-16-41)61-59(62-56)42-17-7-3-8-18-42/h2-38H,1H3. The molecule has 1 atom stereocenters. The Labute approximate surface area is 366 Å². The first-order valence-electron chi connectivity index (χ1n) is 21.5. The van der Waals surface area contributed by atoms with Crippen molar-refractivity contribution in [3.63, 3.8) is 0 Å². The average Bonchev–Trinajstić information content (AvgIpc) is 3.87. The van der Waals surface area contributed by atoms with Gasteiger partial charge in [0.2, 0.25) is 0 Å². The van der Waals surface area contributed by atoms with Gasteiger partial charge in [-0.3, -0.25) is 0 Å². The third kappa shape index (κ3) is 6.28. The van der Waals surface area contributed by atoms with E-state index in [-0.39, 0.29) is 5.41 Å². The van der Waals surface area contributed by atoms with Crippen molar-refractivity contribution in [2.45, 2.75) is 12.3 Å². The number of para-hydroxylation sites is 1. The van der Waals surface area contributed by atoms with Crippen LogP contribution in [0, 0.1) is 0 Å². The quantitative estimate of drug-likeness (QED) is 0.161. The molecule has 3 heteroatoms. The lowest BCUT2D eigenvalue weighted by molar-refractivity contribution is 0.669. The van der Waals surface area contributed by atoms with Gasteiger partial charge in [0.05, 0.1) is 11.4 Å². The van der Waals surface area contributed by atoms with Crippen molar-refractivity contribution < 1.29 is 4.42 Å². The number of fused-ring (bicyclic) bond motifs is 6. The second-order valence-corrected chi connectivity index (χ2v) is 16.7. The zero-order valence-corrected chi connectivity index (χ0v) is 34.7. The van der Waals surface area contributed by atoms with Gasteiger partial charge in [0.1, 0.15) is 11.2 Å². The summed E-state index contributed by atoms with van der Waals surface area (Å²) in [5, 5.41) is 2.21. The first-order chi connectivity index (χ1) is 31.1. The molecule has 0 bridgehead atoms. The summed E-state index contributed by atoms with van der Waals surface area (Å²) in [7, 11) is 0. The van der Waals surface area contributed by atoms with E-state index in [2.05, 4.69) is 195 Å². The molecule has 0 saturated carbocycles. The lowest BCUT2D eigenvalue weighted by atomic mass is 9.74. The molecule has 3 nitrogen and oxygen atoms in total. The van der Waals surface area contributed by atoms with Crippen molar-refractivity contribution in [2.75, 3.05) is 0 Å². The van der Waals surface area contributed by atoms with Gasteiger partial charge in [0.25, 0.3) is 0 Å². The van der Waals surface area contributed by atoms with E-state index in [4.69, 9.17) is 14.4 Å². The smallest absolute Gasteiger partial charge is 0.160 e. The Balaban J connectivity index is 0.995. The highest BCUT2D eigenvalue weighted by Gasteiger charge is 2.40. The Morgan fingerprint density at radius 2 is 0.857 bits per heavy atom. The molecule has 2 aromatic heterocycles. The molecule has 0 radical (unpaired) electrons. The monoisotopic (exact) mass is 804 g/mol. The highest BCUT2D eigenvalue weighted by molar-refractivity contribution is 6.06. The third-order valence-electron chi connectivity index (χ3n) is 13.0. The molecule has 12 rings (SSSR count). The second kappa shape index (κ2) is 14.8. The van der Waals surface area contributed by atoms with Gasteiger partial charge in [-0.25, -0.2) is 9.97 Å². The summed E-state index contributed by atoms with van der Waals surface area (Å²) >= 11 is 0. The lowest BCUT2D eigenvalue weighted by Crippen LogP contribution is -2.22. The molecule has 11 aromatic rings. The SMILES string of the molecule is CC1(c2ccccc2)c2ccccc2-c2ccc(-c3ccc(-c4cc(-c5ccc6oc7ccccc7c6c5)cc(-c5cc(-c6ccccc6)nc(-c6ccccc6)n5)c4)cc3)cc21. The van der Waals surface area contributed by atoms with Crippen molar-refractivity contribution in [3.8, 4) is 78.4 Å². The van der Waals surface area contributed by atoms with E-state index in [1.165, 1.54) is 38.9 Å². The zero-order chi connectivity index (χ0) is 41.9. The molecule has 1 aliphatic carbocycles. The summed E-state index contributed by atoms with van der Waals surface area (Å²) in [6.45, 7) is 2.38. The first-order valence-corrected chi connectivity index (χ1v) is 21.5. The van der Waals surface area contributed by atoms with Crippen molar-refractivity contribution in [3.05, 3.63) is 241 Å². The fourth-order valence-electron chi connectivity index (χ4n) is 9.69. The minimum atomic E-state index is -0.256. The van der Waals surface area contributed by atoms with Gasteiger partial charge in [-0.1, -0.05) is 176 Å². The molecule has 0 spiro atoms. The Hall–Kier alpha value is -8.14. The van der Waals surface area contributed by atoms with E-state index in [1.807, 2.05) is 36.4 Å². The van der Waals surface area contributed by atoms with E-state index in [9.17, 15) is 0 Å². The van der Waals surface area contributed by atoms with E-state index >= 15 is 0 Å². The van der Waals surface area contributed by atoms with Crippen LogP contribution in [-0.4, -0.2) is 9.97 Å². The average molecular weight is 805 g/mol. The molecule has 1 aliphatic rings.